The molecule has 0 saturated heterocycles. The van der Waals surface area contributed by atoms with Gasteiger partial charge >= 0.3 is 0 Å². The summed E-state index contributed by atoms with van der Waals surface area (Å²) in [6.07, 6.45) is 4.09. The van der Waals surface area contributed by atoms with Gasteiger partial charge in [-0.05, 0) is 26.0 Å². The topological polar surface area (TPSA) is 43.3 Å². The highest BCUT2D eigenvalue weighted by Gasteiger charge is 2.10. The molecule has 2 aromatic rings. The van der Waals surface area contributed by atoms with Crippen LogP contribution in [-0.2, 0) is 5.75 Å². The summed E-state index contributed by atoms with van der Waals surface area (Å²) in [6.45, 7) is 4.09. The van der Waals surface area contributed by atoms with E-state index in [1.54, 1.807) is 0 Å². The minimum Gasteiger partial charge on any atom is -0.325 e. The molecule has 16 heavy (non-hydrogen) atoms. The van der Waals surface area contributed by atoms with E-state index in [0.29, 0.717) is 0 Å². The normalized spacial score (nSPS) is 12.2. The van der Waals surface area contributed by atoms with Gasteiger partial charge in [-0.25, -0.2) is 4.98 Å². The molecular weight excluding hydrogens is 218 g/mol. The van der Waals surface area contributed by atoms with Gasteiger partial charge in [0.05, 0.1) is 5.69 Å². The molecule has 0 bridgehead atoms. The zero-order valence-electron chi connectivity index (χ0n) is 9.68. The number of aromatic nitrogens is 2. The van der Waals surface area contributed by atoms with E-state index in [0.717, 1.165) is 22.8 Å². The third-order valence-corrected chi connectivity index (χ3v) is 3.59. The average Bonchev–Trinajstić information content (AvgIpc) is 2.57. The standard InChI is InChI=1S/C12H17N3S/c1-12(2,13)9-16-8-10-7-15-6-4-3-5-11(15)14-10/h3-7H,8-9,13H2,1-2H3. The number of hydrogen-bond donors (Lipinski definition) is 1. The fraction of sp³-hybridized carbons (Fsp3) is 0.417. The van der Waals surface area contributed by atoms with Gasteiger partial charge in [-0.1, -0.05) is 6.07 Å². The van der Waals surface area contributed by atoms with Crippen molar-refractivity contribution in [2.75, 3.05) is 5.75 Å². The minimum absolute atomic E-state index is 0.107. The first kappa shape index (κ1) is 11.5. The summed E-state index contributed by atoms with van der Waals surface area (Å²) in [5.41, 5.74) is 7.94. The Morgan fingerprint density at radius 3 is 2.94 bits per heavy atom. The smallest absolute Gasteiger partial charge is 0.137 e. The van der Waals surface area contributed by atoms with Crippen molar-refractivity contribution in [3.8, 4) is 0 Å². The van der Waals surface area contributed by atoms with Crippen molar-refractivity contribution in [3.05, 3.63) is 36.3 Å². The van der Waals surface area contributed by atoms with Crippen molar-refractivity contribution in [2.45, 2.75) is 25.1 Å². The summed E-state index contributed by atoms with van der Waals surface area (Å²) in [5.74, 6) is 1.86. The van der Waals surface area contributed by atoms with Crippen LogP contribution < -0.4 is 5.73 Å². The van der Waals surface area contributed by atoms with Gasteiger partial charge < -0.3 is 10.1 Å². The molecular formula is C12H17N3S. The predicted molar refractivity (Wildman–Crippen MR) is 69.6 cm³/mol. The molecule has 0 spiro atoms. The Kier molecular flexibility index (Phi) is 3.21. The molecule has 4 heteroatoms. The van der Waals surface area contributed by atoms with Crippen LogP contribution >= 0.6 is 11.8 Å². The predicted octanol–water partition coefficient (Wildman–Crippen LogP) is 2.30. The lowest BCUT2D eigenvalue weighted by atomic mass is 10.1. The van der Waals surface area contributed by atoms with E-state index >= 15 is 0 Å². The Labute approximate surface area is 100 Å². The van der Waals surface area contributed by atoms with E-state index in [1.165, 1.54) is 0 Å². The van der Waals surface area contributed by atoms with Gasteiger partial charge in [0.1, 0.15) is 5.65 Å². The maximum Gasteiger partial charge on any atom is 0.137 e. The molecule has 0 aliphatic carbocycles. The first-order valence-electron chi connectivity index (χ1n) is 5.34. The van der Waals surface area contributed by atoms with E-state index in [9.17, 15) is 0 Å². The molecule has 0 amide bonds. The summed E-state index contributed by atoms with van der Waals surface area (Å²) in [4.78, 5) is 4.53. The second-order valence-electron chi connectivity index (χ2n) is 4.68. The second kappa shape index (κ2) is 4.47. The zero-order chi connectivity index (χ0) is 11.6. The third-order valence-electron chi connectivity index (χ3n) is 2.14. The fourth-order valence-electron chi connectivity index (χ4n) is 1.48. The Bertz CT molecular complexity index is 437. The molecule has 2 aromatic heterocycles. The van der Waals surface area contributed by atoms with Gasteiger partial charge in [-0.15, -0.1) is 0 Å². The van der Waals surface area contributed by atoms with Gasteiger partial charge in [-0.2, -0.15) is 11.8 Å². The van der Waals surface area contributed by atoms with E-state index < -0.39 is 0 Å². The Balaban J connectivity index is 2.00. The highest BCUT2D eigenvalue weighted by atomic mass is 32.2. The molecule has 0 aliphatic heterocycles. The molecule has 0 unspecified atom stereocenters. The number of rotatable bonds is 4. The summed E-state index contributed by atoms with van der Waals surface area (Å²) in [5, 5.41) is 0. The van der Waals surface area contributed by atoms with Crippen LogP contribution in [0.4, 0.5) is 0 Å². The average molecular weight is 235 g/mol. The van der Waals surface area contributed by atoms with Crippen molar-refractivity contribution in [1.29, 1.82) is 0 Å². The molecule has 0 atom stereocenters. The highest BCUT2D eigenvalue weighted by molar-refractivity contribution is 7.98. The van der Waals surface area contributed by atoms with E-state index in [-0.39, 0.29) is 5.54 Å². The number of nitrogens with zero attached hydrogens (tertiary/aromatic N) is 2. The largest absolute Gasteiger partial charge is 0.325 e. The maximum absolute atomic E-state index is 5.93. The van der Waals surface area contributed by atoms with Crippen LogP contribution in [0.1, 0.15) is 19.5 Å². The van der Waals surface area contributed by atoms with Crippen molar-refractivity contribution in [1.82, 2.24) is 9.38 Å². The quantitative estimate of drug-likeness (QED) is 0.884. The Morgan fingerprint density at radius 1 is 1.44 bits per heavy atom. The van der Waals surface area contributed by atoms with Gasteiger partial charge in [0.25, 0.3) is 0 Å². The number of hydrogen-bond acceptors (Lipinski definition) is 3. The summed E-state index contributed by atoms with van der Waals surface area (Å²) in [6, 6.07) is 6.03. The van der Waals surface area contributed by atoms with E-state index in [1.807, 2.05) is 54.4 Å². The molecule has 0 saturated carbocycles. The van der Waals surface area contributed by atoms with Crippen LogP contribution in [-0.4, -0.2) is 20.7 Å². The van der Waals surface area contributed by atoms with Crippen molar-refractivity contribution in [3.63, 3.8) is 0 Å². The van der Waals surface area contributed by atoms with Crippen LogP contribution in [0.3, 0.4) is 0 Å². The summed E-state index contributed by atoms with van der Waals surface area (Å²) >= 11 is 1.83. The van der Waals surface area contributed by atoms with Crippen LogP contribution in [0.5, 0.6) is 0 Å². The molecule has 2 rings (SSSR count). The van der Waals surface area contributed by atoms with Crippen molar-refractivity contribution >= 4 is 17.4 Å². The number of nitrogens with two attached hydrogens (primary N) is 1. The SMILES string of the molecule is CC(C)(N)CSCc1cn2ccccc2n1. The Morgan fingerprint density at radius 2 is 2.25 bits per heavy atom. The van der Waals surface area contributed by atoms with Crippen LogP contribution in [0, 0.1) is 0 Å². The molecule has 3 nitrogen and oxygen atoms in total. The molecule has 0 aromatic carbocycles. The van der Waals surface area contributed by atoms with Crippen LogP contribution in [0.15, 0.2) is 30.6 Å². The summed E-state index contributed by atoms with van der Waals surface area (Å²) < 4.78 is 2.05. The van der Waals surface area contributed by atoms with Crippen LogP contribution in [0.2, 0.25) is 0 Å². The van der Waals surface area contributed by atoms with E-state index in [2.05, 4.69) is 11.2 Å². The summed E-state index contributed by atoms with van der Waals surface area (Å²) in [7, 11) is 0. The minimum atomic E-state index is -0.107. The Hall–Kier alpha value is -1.00. The molecule has 2 heterocycles. The highest BCUT2D eigenvalue weighted by Crippen LogP contribution is 2.16. The van der Waals surface area contributed by atoms with Gasteiger partial charge in [0.2, 0.25) is 0 Å². The molecule has 2 N–H and O–H groups in total. The van der Waals surface area contributed by atoms with E-state index in [4.69, 9.17) is 5.73 Å². The molecule has 0 fully saturated rings. The number of imidazole rings is 1. The fourth-order valence-corrected chi connectivity index (χ4v) is 2.45. The van der Waals surface area contributed by atoms with Gasteiger partial charge in [0, 0.05) is 29.4 Å². The molecule has 0 radical (unpaired) electrons. The number of thioether (sulfide) groups is 1. The number of fused-ring (bicyclic) bond motifs is 1. The second-order valence-corrected chi connectivity index (χ2v) is 5.67. The zero-order valence-corrected chi connectivity index (χ0v) is 10.5. The molecule has 86 valence electrons. The van der Waals surface area contributed by atoms with Crippen molar-refractivity contribution in [2.24, 2.45) is 5.73 Å². The monoisotopic (exact) mass is 235 g/mol. The number of pyridine rings is 1. The molecule has 0 aliphatic rings. The lowest BCUT2D eigenvalue weighted by molar-refractivity contribution is 0.591. The maximum atomic E-state index is 5.93. The first-order chi connectivity index (χ1) is 7.54. The lowest BCUT2D eigenvalue weighted by Gasteiger charge is -2.16. The van der Waals surface area contributed by atoms with Gasteiger partial charge in [0.15, 0.2) is 0 Å². The lowest BCUT2D eigenvalue weighted by Crippen LogP contribution is -2.34. The van der Waals surface area contributed by atoms with Gasteiger partial charge in [-0.3, -0.25) is 0 Å². The first-order valence-corrected chi connectivity index (χ1v) is 6.49. The van der Waals surface area contributed by atoms with Crippen molar-refractivity contribution < 1.29 is 0 Å². The van der Waals surface area contributed by atoms with Crippen LogP contribution in [0.25, 0.3) is 5.65 Å². The third kappa shape index (κ3) is 3.00.